The number of aliphatic hydroxyl groups excluding tert-OH is 2. The molecule has 0 aromatic heterocycles. The van der Waals surface area contributed by atoms with Crippen LogP contribution in [0.3, 0.4) is 0 Å². The lowest BCUT2D eigenvalue weighted by atomic mass is 9.72. The lowest BCUT2D eigenvalue weighted by molar-refractivity contribution is -0.370. The van der Waals surface area contributed by atoms with E-state index in [1.54, 1.807) is 0 Å². The van der Waals surface area contributed by atoms with Crippen LogP contribution in [0.25, 0.3) is 0 Å². The van der Waals surface area contributed by atoms with Gasteiger partial charge >= 0.3 is 0 Å². The molecule has 0 radical (unpaired) electrons. The van der Waals surface area contributed by atoms with Gasteiger partial charge in [0.25, 0.3) is 0 Å². The zero-order valence-electron chi connectivity index (χ0n) is 47.3. The van der Waals surface area contributed by atoms with Crippen LogP contribution in [0.1, 0.15) is 143 Å². The fraction of sp³-hybridized carbons (Fsp3) is 0.919. The Balaban J connectivity index is 0.628. The maximum absolute atomic E-state index is 14.8. The first kappa shape index (κ1) is 53.9. The van der Waals surface area contributed by atoms with E-state index in [1.807, 2.05) is 0 Å². The first-order valence-corrected chi connectivity index (χ1v) is 31.7. The van der Waals surface area contributed by atoms with Crippen molar-refractivity contribution < 1.29 is 86.1 Å². The molecule has 0 aromatic carbocycles. The van der Waals surface area contributed by atoms with Gasteiger partial charge in [0.15, 0.2) is 17.4 Å². The molecule has 17 fully saturated rings. The van der Waals surface area contributed by atoms with E-state index < -0.39 is 23.5 Å². The molecule has 80 heavy (non-hydrogen) atoms. The van der Waals surface area contributed by atoms with Crippen LogP contribution in [-0.2, 0) is 75.8 Å². The highest BCUT2D eigenvalue weighted by Gasteiger charge is 2.70. The maximum Gasteiger partial charge on any atom is 0.174 e. The average Bonchev–Trinajstić information content (AvgIpc) is 3.80. The van der Waals surface area contributed by atoms with Crippen molar-refractivity contribution in [1.29, 1.82) is 0 Å². The summed E-state index contributed by atoms with van der Waals surface area (Å²) in [6, 6.07) is 0. The summed E-state index contributed by atoms with van der Waals surface area (Å²) >= 11 is 0. The topological polar surface area (TPSA) is 196 Å². The lowest BCUT2D eigenvalue weighted by Gasteiger charge is -2.54. The Morgan fingerprint density at radius 3 is 2.05 bits per heavy atom. The van der Waals surface area contributed by atoms with Crippen LogP contribution in [0.2, 0.25) is 0 Å². The van der Waals surface area contributed by atoms with E-state index in [0.717, 1.165) is 56.1 Å². The van der Waals surface area contributed by atoms with Gasteiger partial charge in [-0.25, -0.2) is 0 Å². The van der Waals surface area contributed by atoms with E-state index in [1.165, 1.54) is 0 Å². The van der Waals surface area contributed by atoms with Crippen LogP contribution in [-0.4, -0.2) is 193 Å². The normalized spacial score (nSPS) is 59.0. The Labute approximate surface area is 470 Å². The number of carbonyl (C=O) groups is 1. The standard InChI is InChI=1S/C62H88O18/c1-27-13-34-7-9-40-28(2)14-36(67-40)11-12-60-23-49-56(79-60)57-58(73-49)59(80-60)55-41(71-57)10-8-35(69-55)15-33(64)16-37-32(6)53-46(70-43(37)17-42(68-34)31(27)5)18-44-48(72-53)22-62(75-44)24-50-52(78-62)30(4)21-61(77-50)20-29(3)51-47(76-61)19-45-54(74-51)38(26-66-45)39(65)25-63/h27,29-30,32,34-59,63,65H,2,5,7-26H2,1,3-4,6H3. The number of hydrogen-bond donors (Lipinski definition) is 2. The Hall–Kier alpha value is -1.53. The van der Waals surface area contributed by atoms with Crippen molar-refractivity contribution in [2.24, 2.45) is 35.5 Å². The summed E-state index contributed by atoms with van der Waals surface area (Å²) in [5, 5.41) is 20.3. The summed E-state index contributed by atoms with van der Waals surface area (Å²) in [5.74, 6) is -2.18. The van der Waals surface area contributed by atoms with Crippen LogP contribution in [0.15, 0.2) is 24.3 Å². The minimum Gasteiger partial charge on any atom is -0.394 e. The molecule has 17 saturated heterocycles. The highest BCUT2D eigenvalue weighted by Crippen LogP contribution is 2.58. The number of carbonyl (C=O) groups excluding carboxylic acids is 1. The summed E-state index contributed by atoms with van der Waals surface area (Å²) in [7, 11) is 0. The van der Waals surface area contributed by atoms with Gasteiger partial charge in [-0.2, -0.15) is 0 Å². The second-order valence-electron chi connectivity index (χ2n) is 28.6. The first-order valence-electron chi connectivity index (χ1n) is 31.7. The third kappa shape index (κ3) is 8.96. The van der Waals surface area contributed by atoms with Gasteiger partial charge in [0, 0.05) is 76.5 Å². The van der Waals surface area contributed by atoms with E-state index in [0.29, 0.717) is 77.2 Å². The van der Waals surface area contributed by atoms with Gasteiger partial charge in [0.1, 0.15) is 36.3 Å². The summed E-state index contributed by atoms with van der Waals surface area (Å²) in [4.78, 5) is 14.8. The number of ether oxygens (including phenoxy) is 15. The number of rotatable bonds is 2. The van der Waals surface area contributed by atoms with Crippen molar-refractivity contribution in [3.63, 3.8) is 0 Å². The quantitative estimate of drug-likeness (QED) is 0.312. The number of Topliss-reactive ketones (excluding diaryl/α,β-unsaturated/α-hetero) is 1. The van der Waals surface area contributed by atoms with Gasteiger partial charge in [-0.05, 0) is 85.7 Å². The Kier molecular flexibility index (Phi) is 13.5. The van der Waals surface area contributed by atoms with Crippen molar-refractivity contribution in [3.05, 3.63) is 24.3 Å². The predicted octanol–water partition coefficient (Wildman–Crippen LogP) is 5.85. The SMILES string of the molecule is C=C1CC2CCC34CC5OC6C(OC7CCC(CC(=O)CC8C(CC9OC(CCC1O2)CC(C)C9=C)OC1CC2OC9(CC2OC1C8C)CC1OC2(CC(C)C8OC%10C(CC8O2)OCC%10C(O)CO)CC(C)C1O9)OC7C6O3)C5O4. The third-order valence-electron chi connectivity index (χ3n) is 23.3. The monoisotopic (exact) mass is 1120 g/mol. The molecule has 0 aliphatic carbocycles. The smallest absolute Gasteiger partial charge is 0.174 e. The molecule has 0 aromatic rings. The van der Waals surface area contributed by atoms with Crippen LogP contribution in [0.4, 0.5) is 0 Å². The number of fused-ring (bicyclic) bond motifs is 11. The van der Waals surface area contributed by atoms with Gasteiger partial charge in [-0.3, -0.25) is 4.79 Å². The second-order valence-corrected chi connectivity index (χ2v) is 28.6. The molecule has 18 heteroatoms. The average molecular weight is 1120 g/mol. The molecule has 12 bridgehead atoms. The number of aliphatic hydroxyl groups is 2. The summed E-state index contributed by atoms with van der Waals surface area (Å²) < 4.78 is 104. The molecule has 0 amide bonds. The lowest BCUT2D eigenvalue weighted by Crippen LogP contribution is -2.62. The highest BCUT2D eigenvalue weighted by molar-refractivity contribution is 5.79. The molecule has 2 N–H and O–H groups in total. The van der Waals surface area contributed by atoms with Crippen molar-refractivity contribution in [3.8, 4) is 0 Å². The zero-order valence-corrected chi connectivity index (χ0v) is 47.3. The predicted molar refractivity (Wildman–Crippen MR) is 280 cm³/mol. The molecule has 33 atom stereocenters. The van der Waals surface area contributed by atoms with Gasteiger partial charge < -0.3 is 81.3 Å². The van der Waals surface area contributed by atoms with Crippen molar-refractivity contribution in [2.75, 3.05) is 13.2 Å². The van der Waals surface area contributed by atoms with Crippen LogP contribution in [0, 0.1) is 35.5 Å². The van der Waals surface area contributed by atoms with E-state index in [-0.39, 0.29) is 188 Å². The van der Waals surface area contributed by atoms with Crippen molar-refractivity contribution in [2.45, 2.75) is 307 Å². The van der Waals surface area contributed by atoms with Crippen molar-refractivity contribution in [1.82, 2.24) is 0 Å². The Morgan fingerprint density at radius 1 is 0.500 bits per heavy atom. The largest absolute Gasteiger partial charge is 0.394 e. The molecule has 18 nitrogen and oxygen atoms in total. The van der Waals surface area contributed by atoms with Crippen LogP contribution >= 0.6 is 0 Å². The minimum absolute atomic E-state index is 0.00646. The summed E-state index contributed by atoms with van der Waals surface area (Å²) in [6.45, 7) is 18.2. The Morgan fingerprint density at radius 2 is 1.19 bits per heavy atom. The Bertz CT molecular complexity index is 2410. The van der Waals surface area contributed by atoms with Gasteiger partial charge in [-0.15, -0.1) is 0 Å². The second kappa shape index (κ2) is 20.0. The first-order chi connectivity index (χ1) is 38.6. The van der Waals surface area contributed by atoms with Crippen LogP contribution in [0.5, 0.6) is 0 Å². The van der Waals surface area contributed by atoms with Gasteiger partial charge in [0.2, 0.25) is 0 Å². The molecular weight excluding hydrogens is 1030 g/mol. The molecule has 33 unspecified atom stereocenters. The molecule has 17 aliphatic rings. The zero-order chi connectivity index (χ0) is 54.3. The molecule has 17 aliphatic heterocycles. The van der Waals surface area contributed by atoms with Gasteiger partial charge in [-0.1, -0.05) is 40.9 Å². The molecule has 17 rings (SSSR count). The fourth-order valence-corrected chi connectivity index (χ4v) is 19.4. The van der Waals surface area contributed by atoms with E-state index >= 15 is 0 Å². The van der Waals surface area contributed by atoms with E-state index in [9.17, 15) is 15.0 Å². The van der Waals surface area contributed by atoms with Crippen molar-refractivity contribution >= 4 is 5.78 Å². The molecule has 0 saturated carbocycles. The van der Waals surface area contributed by atoms with Crippen LogP contribution < -0.4 is 0 Å². The summed E-state index contributed by atoms with van der Waals surface area (Å²) in [5.41, 5.74) is 2.23. The van der Waals surface area contributed by atoms with E-state index in [4.69, 9.17) is 71.1 Å². The fourth-order valence-electron chi connectivity index (χ4n) is 19.4. The summed E-state index contributed by atoms with van der Waals surface area (Å²) in [6.07, 6.45) is 6.66. The number of hydrogen-bond acceptors (Lipinski definition) is 18. The molecule has 3 spiro atoms. The highest BCUT2D eigenvalue weighted by atomic mass is 16.8. The number of ketones is 1. The minimum atomic E-state index is -0.883. The molecular formula is C62H88O18. The molecule has 17 heterocycles. The third-order valence-corrected chi connectivity index (χ3v) is 23.3. The maximum atomic E-state index is 14.8. The molecule has 444 valence electrons. The van der Waals surface area contributed by atoms with Gasteiger partial charge in [0.05, 0.1) is 129 Å². The van der Waals surface area contributed by atoms with E-state index in [2.05, 4.69) is 40.9 Å².